The largest absolute Gasteiger partial charge is 0.466 e. The molecule has 1 aliphatic heterocycles. The van der Waals surface area contributed by atoms with Crippen LogP contribution in [0.25, 0.3) is 11.0 Å². The molecular weight excluding hydrogens is 282 g/mol. The van der Waals surface area contributed by atoms with Gasteiger partial charge in [-0.05, 0) is 31.9 Å². The van der Waals surface area contributed by atoms with Crippen LogP contribution in [0.15, 0.2) is 6.07 Å². The Morgan fingerprint density at radius 3 is 2.95 bits per heavy atom. The molecule has 1 aliphatic rings. The summed E-state index contributed by atoms with van der Waals surface area (Å²) in [6.45, 7) is 5.22. The molecule has 1 saturated heterocycles. The summed E-state index contributed by atoms with van der Waals surface area (Å²) >= 11 is 0. The Bertz CT molecular complexity index is 724. The van der Waals surface area contributed by atoms with Gasteiger partial charge in [-0.15, -0.1) is 5.10 Å². The van der Waals surface area contributed by atoms with E-state index in [9.17, 15) is 4.79 Å². The average molecular weight is 303 g/mol. The summed E-state index contributed by atoms with van der Waals surface area (Å²) in [5.74, 6) is 0.406. The summed E-state index contributed by atoms with van der Waals surface area (Å²) in [6, 6.07) is 2.06. The Morgan fingerprint density at radius 2 is 2.27 bits per heavy atom. The lowest BCUT2D eigenvalue weighted by atomic mass is 10.2. The van der Waals surface area contributed by atoms with E-state index in [1.807, 2.05) is 27.0 Å². The van der Waals surface area contributed by atoms with Gasteiger partial charge in [0.25, 0.3) is 5.91 Å². The molecular formula is C15H21N5O2. The Balaban J connectivity index is 1.78. The molecule has 7 heteroatoms. The number of carbonyl (C=O) groups excluding carboxylic acids is 1. The minimum Gasteiger partial charge on any atom is -0.466 e. The number of fused-ring (bicyclic) bond motifs is 1. The third-order valence-corrected chi connectivity index (χ3v) is 4.00. The monoisotopic (exact) mass is 303 g/mol. The molecule has 1 atom stereocenters. The predicted octanol–water partition coefficient (Wildman–Crippen LogP) is 0.524. The van der Waals surface area contributed by atoms with Gasteiger partial charge in [0.05, 0.1) is 5.39 Å². The van der Waals surface area contributed by atoms with Crippen molar-refractivity contribution in [1.82, 2.24) is 19.7 Å². The van der Waals surface area contributed by atoms with E-state index in [1.165, 1.54) is 0 Å². The van der Waals surface area contributed by atoms with Crippen LogP contribution in [0.1, 0.15) is 17.7 Å². The predicted molar refractivity (Wildman–Crippen MR) is 82.7 cm³/mol. The summed E-state index contributed by atoms with van der Waals surface area (Å²) in [4.78, 5) is 18.4. The van der Waals surface area contributed by atoms with Crippen LogP contribution in [-0.4, -0.2) is 51.3 Å². The third kappa shape index (κ3) is 2.64. The normalized spacial score (nSPS) is 18.2. The summed E-state index contributed by atoms with van der Waals surface area (Å²) < 4.78 is 7.35. The van der Waals surface area contributed by atoms with E-state index in [0.29, 0.717) is 19.0 Å². The number of likely N-dealkylation sites (tertiary alicyclic amines) is 1. The van der Waals surface area contributed by atoms with E-state index in [0.717, 1.165) is 28.7 Å². The molecule has 2 aromatic rings. The molecule has 3 rings (SSSR count). The van der Waals surface area contributed by atoms with Crippen LogP contribution >= 0.6 is 0 Å². The number of hydrogen-bond donors (Lipinski definition) is 1. The van der Waals surface area contributed by atoms with Crippen molar-refractivity contribution < 1.29 is 9.53 Å². The maximum absolute atomic E-state index is 12.1. The zero-order chi connectivity index (χ0) is 15.9. The highest BCUT2D eigenvalue weighted by Crippen LogP contribution is 2.27. The fraction of sp³-hybridized carbons (Fsp3) is 0.533. The van der Waals surface area contributed by atoms with Crippen molar-refractivity contribution in [2.75, 3.05) is 19.7 Å². The Labute approximate surface area is 129 Å². The van der Waals surface area contributed by atoms with Crippen molar-refractivity contribution in [3.63, 3.8) is 0 Å². The Kier molecular flexibility index (Phi) is 3.74. The number of aryl methyl sites for hydroxylation is 3. The van der Waals surface area contributed by atoms with Gasteiger partial charge in [0.15, 0.2) is 12.3 Å². The van der Waals surface area contributed by atoms with E-state index in [1.54, 1.807) is 9.58 Å². The maximum atomic E-state index is 12.1. The molecule has 1 amide bonds. The van der Waals surface area contributed by atoms with Crippen LogP contribution in [0, 0.1) is 13.8 Å². The first-order chi connectivity index (χ1) is 10.5. The van der Waals surface area contributed by atoms with Crippen LogP contribution in [0.4, 0.5) is 0 Å². The average Bonchev–Trinajstić information content (AvgIpc) is 3.01. The number of aromatic nitrogens is 3. The quantitative estimate of drug-likeness (QED) is 0.893. The summed E-state index contributed by atoms with van der Waals surface area (Å²) in [5, 5.41) is 5.20. The van der Waals surface area contributed by atoms with Crippen LogP contribution in [-0.2, 0) is 11.8 Å². The Morgan fingerprint density at radius 1 is 1.50 bits per heavy atom. The van der Waals surface area contributed by atoms with Gasteiger partial charge in [0, 0.05) is 31.9 Å². The minimum absolute atomic E-state index is 0.0217. The number of amides is 1. The van der Waals surface area contributed by atoms with Crippen LogP contribution in [0.5, 0.6) is 5.88 Å². The summed E-state index contributed by atoms with van der Waals surface area (Å²) in [5.41, 5.74) is 8.57. The van der Waals surface area contributed by atoms with Gasteiger partial charge in [-0.3, -0.25) is 4.79 Å². The van der Waals surface area contributed by atoms with Gasteiger partial charge in [0.1, 0.15) is 0 Å². The van der Waals surface area contributed by atoms with Gasteiger partial charge in [-0.1, -0.05) is 0 Å². The SMILES string of the molecule is Cc1cc(C)c2c(OCC(=O)N3CC[C@H](N)C3)nn(C)c2n1. The van der Waals surface area contributed by atoms with Gasteiger partial charge in [-0.25, -0.2) is 9.67 Å². The van der Waals surface area contributed by atoms with Crippen molar-refractivity contribution in [3.8, 4) is 5.88 Å². The van der Waals surface area contributed by atoms with Crippen LogP contribution in [0.3, 0.4) is 0 Å². The van der Waals surface area contributed by atoms with Crippen LogP contribution in [0.2, 0.25) is 0 Å². The van der Waals surface area contributed by atoms with Gasteiger partial charge < -0.3 is 15.4 Å². The zero-order valence-electron chi connectivity index (χ0n) is 13.2. The van der Waals surface area contributed by atoms with E-state index in [2.05, 4.69) is 10.1 Å². The first-order valence-electron chi connectivity index (χ1n) is 7.43. The van der Waals surface area contributed by atoms with Gasteiger partial charge in [0.2, 0.25) is 5.88 Å². The molecule has 7 nitrogen and oxygen atoms in total. The van der Waals surface area contributed by atoms with E-state index in [4.69, 9.17) is 10.5 Å². The summed E-state index contributed by atoms with van der Waals surface area (Å²) in [7, 11) is 1.82. The van der Waals surface area contributed by atoms with E-state index >= 15 is 0 Å². The number of carbonyl (C=O) groups is 1. The highest BCUT2D eigenvalue weighted by molar-refractivity contribution is 5.85. The highest BCUT2D eigenvalue weighted by Gasteiger charge is 2.24. The number of hydrogen-bond acceptors (Lipinski definition) is 5. The lowest BCUT2D eigenvalue weighted by molar-refractivity contribution is -0.132. The third-order valence-electron chi connectivity index (χ3n) is 4.00. The van der Waals surface area contributed by atoms with Gasteiger partial charge >= 0.3 is 0 Å². The molecule has 0 aliphatic carbocycles. The zero-order valence-corrected chi connectivity index (χ0v) is 13.2. The highest BCUT2D eigenvalue weighted by atomic mass is 16.5. The van der Waals surface area contributed by atoms with Crippen molar-refractivity contribution in [2.45, 2.75) is 26.3 Å². The van der Waals surface area contributed by atoms with E-state index in [-0.39, 0.29) is 18.6 Å². The molecule has 2 N–H and O–H groups in total. The Hall–Kier alpha value is -2.15. The topological polar surface area (TPSA) is 86.3 Å². The van der Waals surface area contributed by atoms with Crippen molar-refractivity contribution in [3.05, 3.63) is 17.3 Å². The standard InChI is InChI=1S/C15H21N5O2/c1-9-6-10(2)17-14-13(9)15(18-19(14)3)22-8-12(21)20-5-4-11(16)7-20/h6,11H,4-5,7-8,16H2,1-3H3/t11-/m0/s1. The number of pyridine rings is 1. The van der Waals surface area contributed by atoms with Crippen molar-refractivity contribution >= 4 is 16.9 Å². The minimum atomic E-state index is -0.0514. The van der Waals surface area contributed by atoms with Crippen molar-refractivity contribution in [1.29, 1.82) is 0 Å². The molecule has 3 heterocycles. The number of nitrogens with two attached hydrogens (primary N) is 1. The lowest BCUT2D eigenvalue weighted by Gasteiger charge is -2.15. The smallest absolute Gasteiger partial charge is 0.260 e. The maximum Gasteiger partial charge on any atom is 0.260 e. The lowest BCUT2D eigenvalue weighted by Crippen LogP contribution is -2.35. The molecule has 0 spiro atoms. The molecule has 0 bridgehead atoms. The van der Waals surface area contributed by atoms with Crippen LogP contribution < -0.4 is 10.5 Å². The number of ether oxygens (including phenoxy) is 1. The molecule has 0 aromatic carbocycles. The molecule has 0 unspecified atom stereocenters. The molecule has 1 fully saturated rings. The van der Waals surface area contributed by atoms with Crippen molar-refractivity contribution in [2.24, 2.45) is 12.8 Å². The molecule has 0 radical (unpaired) electrons. The molecule has 0 saturated carbocycles. The first-order valence-corrected chi connectivity index (χ1v) is 7.43. The second kappa shape index (κ2) is 5.57. The number of rotatable bonds is 3. The molecule has 22 heavy (non-hydrogen) atoms. The fourth-order valence-electron chi connectivity index (χ4n) is 2.89. The summed E-state index contributed by atoms with van der Waals surface area (Å²) in [6.07, 6.45) is 0.848. The number of nitrogens with zero attached hydrogens (tertiary/aromatic N) is 4. The molecule has 118 valence electrons. The second-order valence-corrected chi connectivity index (χ2v) is 5.89. The first kappa shape index (κ1) is 14.8. The van der Waals surface area contributed by atoms with Gasteiger partial charge in [-0.2, -0.15) is 0 Å². The fourth-order valence-corrected chi connectivity index (χ4v) is 2.89. The molecule has 2 aromatic heterocycles. The van der Waals surface area contributed by atoms with E-state index < -0.39 is 0 Å². The second-order valence-electron chi connectivity index (χ2n) is 5.89.